The van der Waals surface area contributed by atoms with Crippen molar-refractivity contribution in [2.24, 2.45) is 11.7 Å². The molecule has 3 N–H and O–H groups in total. The molecule has 0 aromatic heterocycles. The van der Waals surface area contributed by atoms with E-state index in [9.17, 15) is 5.11 Å². The topological polar surface area (TPSA) is 58.7 Å². The van der Waals surface area contributed by atoms with E-state index in [1.807, 2.05) is 6.07 Å². The lowest BCUT2D eigenvalue weighted by Crippen LogP contribution is -2.42. The summed E-state index contributed by atoms with van der Waals surface area (Å²) in [5.74, 6) is 1.44. The van der Waals surface area contributed by atoms with Gasteiger partial charge in [0.25, 0.3) is 0 Å². The van der Waals surface area contributed by atoms with Crippen molar-refractivity contribution in [3.05, 3.63) is 24.3 Å². The standard InChI is InChI=1S/C14H22N2O2/c1-16-7-5-11(6-8-16)14(15)10-18-13-4-2-3-12(17)9-13/h2-4,9,11,14,17H,5-8,10,15H2,1H3. The maximum absolute atomic E-state index is 9.34. The third-order valence-corrected chi connectivity index (χ3v) is 3.63. The molecular formula is C14H22N2O2. The molecule has 18 heavy (non-hydrogen) atoms. The highest BCUT2D eigenvalue weighted by Crippen LogP contribution is 2.21. The molecule has 4 nitrogen and oxygen atoms in total. The highest BCUT2D eigenvalue weighted by atomic mass is 16.5. The highest BCUT2D eigenvalue weighted by molar-refractivity contribution is 5.31. The van der Waals surface area contributed by atoms with E-state index in [1.54, 1.807) is 18.2 Å². The van der Waals surface area contributed by atoms with Gasteiger partial charge in [-0.25, -0.2) is 0 Å². The minimum Gasteiger partial charge on any atom is -0.508 e. The monoisotopic (exact) mass is 250 g/mol. The molecule has 0 bridgehead atoms. The Morgan fingerprint density at radius 2 is 2.17 bits per heavy atom. The Morgan fingerprint density at radius 1 is 1.44 bits per heavy atom. The second kappa shape index (κ2) is 6.07. The molecule has 1 heterocycles. The van der Waals surface area contributed by atoms with Gasteiger partial charge in [0, 0.05) is 12.1 Å². The zero-order valence-corrected chi connectivity index (χ0v) is 10.9. The summed E-state index contributed by atoms with van der Waals surface area (Å²) in [6.07, 6.45) is 2.28. The largest absolute Gasteiger partial charge is 0.508 e. The number of piperidine rings is 1. The van der Waals surface area contributed by atoms with Crippen LogP contribution in [0.25, 0.3) is 0 Å². The van der Waals surface area contributed by atoms with Crippen LogP contribution in [0.1, 0.15) is 12.8 Å². The van der Waals surface area contributed by atoms with Crippen molar-refractivity contribution in [2.45, 2.75) is 18.9 Å². The van der Waals surface area contributed by atoms with Crippen LogP contribution in [-0.2, 0) is 0 Å². The molecule has 1 unspecified atom stereocenters. The number of aromatic hydroxyl groups is 1. The number of benzene rings is 1. The maximum atomic E-state index is 9.34. The van der Waals surface area contributed by atoms with Crippen LogP contribution >= 0.6 is 0 Å². The summed E-state index contributed by atoms with van der Waals surface area (Å²) in [5.41, 5.74) is 6.17. The summed E-state index contributed by atoms with van der Waals surface area (Å²) in [7, 11) is 2.14. The predicted molar refractivity (Wildman–Crippen MR) is 71.8 cm³/mol. The first kappa shape index (κ1) is 13.2. The molecule has 1 aliphatic heterocycles. The Kier molecular flexibility index (Phi) is 4.44. The van der Waals surface area contributed by atoms with Crippen LogP contribution in [0.15, 0.2) is 24.3 Å². The summed E-state index contributed by atoms with van der Waals surface area (Å²) in [6, 6.07) is 6.92. The van der Waals surface area contributed by atoms with Gasteiger partial charge in [0.05, 0.1) is 0 Å². The number of hydrogen-bond donors (Lipinski definition) is 2. The number of likely N-dealkylation sites (tertiary alicyclic amines) is 1. The fourth-order valence-electron chi connectivity index (χ4n) is 2.36. The summed E-state index contributed by atoms with van der Waals surface area (Å²) in [5, 5.41) is 9.34. The molecule has 1 aromatic carbocycles. The fourth-order valence-corrected chi connectivity index (χ4v) is 2.36. The van der Waals surface area contributed by atoms with E-state index in [-0.39, 0.29) is 11.8 Å². The van der Waals surface area contributed by atoms with Crippen LogP contribution < -0.4 is 10.5 Å². The third-order valence-electron chi connectivity index (χ3n) is 3.63. The average molecular weight is 250 g/mol. The molecular weight excluding hydrogens is 228 g/mol. The molecule has 100 valence electrons. The lowest BCUT2D eigenvalue weighted by atomic mass is 9.90. The van der Waals surface area contributed by atoms with Crippen LogP contribution in [0.5, 0.6) is 11.5 Å². The molecule has 0 radical (unpaired) electrons. The normalized spacial score (nSPS) is 19.7. The Bertz CT molecular complexity index is 376. The zero-order chi connectivity index (χ0) is 13.0. The molecule has 0 aliphatic carbocycles. The minimum atomic E-state index is 0.0704. The highest BCUT2D eigenvalue weighted by Gasteiger charge is 2.23. The molecule has 1 atom stereocenters. The lowest BCUT2D eigenvalue weighted by Gasteiger charge is -2.32. The van der Waals surface area contributed by atoms with Gasteiger partial charge in [-0.3, -0.25) is 0 Å². The van der Waals surface area contributed by atoms with Crippen LogP contribution in [0.3, 0.4) is 0 Å². The average Bonchev–Trinajstić information content (AvgIpc) is 2.37. The summed E-state index contributed by atoms with van der Waals surface area (Å²) in [4.78, 5) is 2.33. The molecule has 0 spiro atoms. The summed E-state index contributed by atoms with van der Waals surface area (Å²) in [6.45, 7) is 2.74. The molecule has 1 fully saturated rings. The van der Waals surface area contributed by atoms with Crippen LogP contribution in [0.2, 0.25) is 0 Å². The van der Waals surface area contributed by atoms with E-state index < -0.39 is 0 Å². The number of nitrogens with two attached hydrogens (primary N) is 1. The quantitative estimate of drug-likeness (QED) is 0.849. The molecule has 2 rings (SSSR count). The second-order valence-corrected chi connectivity index (χ2v) is 5.11. The van der Waals surface area contributed by atoms with E-state index in [0.29, 0.717) is 18.3 Å². The van der Waals surface area contributed by atoms with Gasteiger partial charge in [-0.05, 0) is 51.0 Å². The molecule has 0 saturated carbocycles. The van der Waals surface area contributed by atoms with Gasteiger partial charge in [0.1, 0.15) is 18.1 Å². The number of rotatable bonds is 4. The Labute approximate surface area is 108 Å². The summed E-state index contributed by atoms with van der Waals surface area (Å²) < 4.78 is 5.63. The molecule has 1 aliphatic rings. The number of hydrogen-bond acceptors (Lipinski definition) is 4. The molecule has 0 amide bonds. The minimum absolute atomic E-state index is 0.0704. The summed E-state index contributed by atoms with van der Waals surface area (Å²) >= 11 is 0. The third kappa shape index (κ3) is 3.62. The second-order valence-electron chi connectivity index (χ2n) is 5.11. The van der Waals surface area contributed by atoms with Gasteiger partial charge in [-0.1, -0.05) is 6.07 Å². The first-order valence-electron chi connectivity index (χ1n) is 6.51. The molecule has 1 saturated heterocycles. The lowest BCUT2D eigenvalue weighted by molar-refractivity contribution is 0.166. The van der Waals surface area contributed by atoms with Crippen molar-refractivity contribution < 1.29 is 9.84 Å². The number of nitrogens with zero attached hydrogens (tertiary/aromatic N) is 1. The van der Waals surface area contributed by atoms with Crippen LogP contribution in [-0.4, -0.2) is 42.8 Å². The predicted octanol–water partition coefficient (Wildman–Crippen LogP) is 1.44. The fraction of sp³-hybridized carbons (Fsp3) is 0.571. The Morgan fingerprint density at radius 3 is 2.83 bits per heavy atom. The Hall–Kier alpha value is -1.26. The first-order valence-corrected chi connectivity index (χ1v) is 6.51. The smallest absolute Gasteiger partial charge is 0.123 e. The van der Waals surface area contributed by atoms with Crippen LogP contribution in [0, 0.1) is 5.92 Å². The van der Waals surface area contributed by atoms with Crippen molar-refractivity contribution in [1.29, 1.82) is 0 Å². The molecule has 1 aromatic rings. The van der Waals surface area contributed by atoms with Crippen molar-refractivity contribution >= 4 is 0 Å². The number of ether oxygens (including phenoxy) is 1. The van der Waals surface area contributed by atoms with E-state index >= 15 is 0 Å². The maximum Gasteiger partial charge on any atom is 0.123 e. The van der Waals surface area contributed by atoms with Gasteiger partial charge >= 0.3 is 0 Å². The molecule has 4 heteroatoms. The van der Waals surface area contributed by atoms with E-state index in [1.165, 1.54) is 0 Å². The van der Waals surface area contributed by atoms with Crippen molar-refractivity contribution in [1.82, 2.24) is 4.90 Å². The van der Waals surface area contributed by atoms with Crippen molar-refractivity contribution in [3.8, 4) is 11.5 Å². The SMILES string of the molecule is CN1CCC(C(N)COc2cccc(O)c2)CC1. The van der Waals surface area contributed by atoms with Gasteiger partial charge < -0.3 is 20.5 Å². The van der Waals surface area contributed by atoms with Gasteiger partial charge in [-0.15, -0.1) is 0 Å². The van der Waals surface area contributed by atoms with Crippen LogP contribution in [0.4, 0.5) is 0 Å². The van der Waals surface area contributed by atoms with Crippen molar-refractivity contribution in [2.75, 3.05) is 26.7 Å². The zero-order valence-electron chi connectivity index (χ0n) is 10.9. The van der Waals surface area contributed by atoms with Gasteiger partial charge in [-0.2, -0.15) is 0 Å². The number of phenols is 1. The van der Waals surface area contributed by atoms with E-state index in [4.69, 9.17) is 10.5 Å². The van der Waals surface area contributed by atoms with Gasteiger partial charge in [0.2, 0.25) is 0 Å². The van der Waals surface area contributed by atoms with Crippen molar-refractivity contribution in [3.63, 3.8) is 0 Å². The number of phenolic OH excluding ortho intramolecular Hbond substituents is 1. The van der Waals surface area contributed by atoms with Gasteiger partial charge in [0.15, 0.2) is 0 Å². The van der Waals surface area contributed by atoms with E-state index in [0.717, 1.165) is 25.9 Å². The Balaban J connectivity index is 1.79. The first-order chi connectivity index (χ1) is 8.65. The van der Waals surface area contributed by atoms with E-state index in [2.05, 4.69) is 11.9 Å².